The number of benzene rings is 1. The van der Waals surface area contributed by atoms with Crippen molar-refractivity contribution in [1.29, 1.82) is 0 Å². The molecule has 3 nitrogen and oxygen atoms in total. The van der Waals surface area contributed by atoms with Crippen LogP contribution in [0.25, 0.3) is 0 Å². The maximum Gasteiger partial charge on any atom is 0.306 e. The summed E-state index contributed by atoms with van der Waals surface area (Å²) in [6.45, 7) is 9.35. The molecule has 0 aromatic heterocycles. The highest BCUT2D eigenvalue weighted by Crippen LogP contribution is 2.35. The normalized spacial score (nSPS) is 15.8. The van der Waals surface area contributed by atoms with Crippen LogP contribution in [0.15, 0.2) is 22.7 Å². The van der Waals surface area contributed by atoms with Crippen molar-refractivity contribution >= 4 is 32.7 Å². The lowest BCUT2D eigenvalue weighted by atomic mass is 9.81. The Morgan fingerprint density at radius 3 is 2.43 bits per heavy atom. The van der Waals surface area contributed by atoms with Crippen LogP contribution in [0, 0.1) is 5.82 Å². The van der Waals surface area contributed by atoms with Gasteiger partial charge in [0.05, 0.1) is 13.0 Å². The largest absolute Gasteiger partial charge is 0.466 e. The zero-order valence-electron chi connectivity index (χ0n) is 14.2. The molecule has 0 unspecified atom stereocenters. The third kappa shape index (κ3) is 5.68. The zero-order chi connectivity index (χ0) is 17.8. The van der Waals surface area contributed by atoms with Gasteiger partial charge in [-0.15, -0.1) is 0 Å². The van der Waals surface area contributed by atoms with E-state index in [1.54, 1.807) is 26.0 Å². The molecule has 1 aromatic carbocycles. The van der Waals surface area contributed by atoms with Gasteiger partial charge in [-0.3, -0.25) is 9.00 Å². The summed E-state index contributed by atoms with van der Waals surface area (Å²) < 4.78 is 32.3. The summed E-state index contributed by atoms with van der Waals surface area (Å²) in [7, 11) is -1.23. The molecule has 1 rings (SSSR count). The number of halogens is 2. The Bertz CT molecular complexity index is 598. The molecule has 0 saturated carbocycles. The summed E-state index contributed by atoms with van der Waals surface area (Å²) in [6, 6.07) is 4.60. The lowest BCUT2D eigenvalue weighted by molar-refractivity contribution is -0.144. The first kappa shape index (κ1) is 20.3. The van der Waals surface area contributed by atoms with E-state index in [1.165, 1.54) is 6.07 Å². The molecule has 0 bridgehead atoms. The van der Waals surface area contributed by atoms with E-state index in [-0.39, 0.29) is 18.8 Å². The van der Waals surface area contributed by atoms with Crippen molar-refractivity contribution in [3.05, 3.63) is 34.1 Å². The van der Waals surface area contributed by atoms with Gasteiger partial charge in [0.1, 0.15) is 5.82 Å². The maximum absolute atomic E-state index is 14.4. The minimum Gasteiger partial charge on any atom is -0.466 e. The molecular weight excluding hydrogens is 383 g/mol. The Hall–Kier alpha value is -0.750. The second kappa shape index (κ2) is 7.88. The van der Waals surface area contributed by atoms with E-state index in [2.05, 4.69) is 15.9 Å². The molecule has 0 aliphatic rings. The molecular formula is C17H24BrFO3S. The Labute approximate surface area is 148 Å². The molecule has 1 aromatic rings. The fourth-order valence-electron chi connectivity index (χ4n) is 2.22. The summed E-state index contributed by atoms with van der Waals surface area (Å²) in [5.74, 6) is -0.644. The Morgan fingerprint density at radius 2 is 1.91 bits per heavy atom. The summed E-state index contributed by atoms with van der Waals surface area (Å²) in [5, 5.41) is 0. The highest BCUT2D eigenvalue weighted by molar-refractivity contribution is 9.10. The van der Waals surface area contributed by atoms with Gasteiger partial charge < -0.3 is 4.74 Å². The van der Waals surface area contributed by atoms with Crippen molar-refractivity contribution in [2.24, 2.45) is 0 Å². The molecule has 0 spiro atoms. The van der Waals surface area contributed by atoms with Crippen LogP contribution >= 0.6 is 15.9 Å². The number of hydrogen-bond acceptors (Lipinski definition) is 3. The van der Waals surface area contributed by atoms with E-state index in [4.69, 9.17) is 4.74 Å². The van der Waals surface area contributed by atoms with Crippen LogP contribution in [-0.2, 0) is 25.7 Å². The predicted molar refractivity (Wildman–Crippen MR) is 95.5 cm³/mol. The fourth-order valence-corrected chi connectivity index (χ4v) is 3.85. The van der Waals surface area contributed by atoms with Crippen LogP contribution in [-0.4, -0.2) is 27.3 Å². The van der Waals surface area contributed by atoms with Crippen molar-refractivity contribution in [3.8, 4) is 0 Å². The average molecular weight is 407 g/mol. The van der Waals surface area contributed by atoms with E-state index < -0.39 is 32.7 Å². The highest BCUT2D eigenvalue weighted by Gasteiger charge is 2.37. The lowest BCUT2D eigenvalue weighted by Crippen LogP contribution is -2.38. The van der Waals surface area contributed by atoms with E-state index in [0.29, 0.717) is 10.0 Å². The van der Waals surface area contributed by atoms with Crippen molar-refractivity contribution < 1.29 is 18.1 Å². The average Bonchev–Trinajstić information content (AvgIpc) is 2.40. The fraction of sp³-hybridized carbons (Fsp3) is 0.588. The summed E-state index contributed by atoms with van der Waals surface area (Å²) in [5.41, 5.74) is -0.532. The second-order valence-electron chi connectivity index (χ2n) is 6.77. The van der Waals surface area contributed by atoms with E-state index >= 15 is 0 Å². The maximum atomic E-state index is 14.4. The van der Waals surface area contributed by atoms with Gasteiger partial charge in [0.25, 0.3) is 0 Å². The Kier molecular flexibility index (Phi) is 6.95. The number of hydrogen-bond donors (Lipinski definition) is 0. The van der Waals surface area contributed by atoms with E-state index in [1.807, 2.05) is 20.8 Å². The number of esters is 1. The quantitative estimate of drug-likeness (QED) is 0.659. The Morgan fingerprint density at radius 1 is 1.30 bits per heavy atom. The summed E-state index contributed by atoms with van der Waals surface area (Å²) in [6.07, 6.45) is -0.0178. The minimum atomic E-state index is -1.23. The molecule has 0 amide bonds. The van der Waals surface area contributed by atoms with Gasteiger partial charge in [-0.1, -0.05) is 22.9 Å². The van der Waals surface area contributed by atoms with Gasteiger partial charge in [0.15, 0.2) is 0 Å². The molecule has 0 aliphatic heterocycles. The molecule has 0 heterocycles. The van der Waals surface area contributed by atoms with E-state index in [9.17, 15) is 13.4 Å². The summed E-state index contributed by atoms with van der Waals surface area (Å²) in [4.78, 5) is 12.0. The van der Waals surface area contributed by atoms with Gasteiger partial charge in [-0.25, -0.2) is 4.39 Å². The van der Waals surface area contributed by atoms with Crippen LogP contribution in [0.2, 0.25) is 0 Å². The topological polar surface area (TPSA) is 43.4 Å². The smallest absolute Gasteiger partial charge is 0.306 e. The molecule has 130 valence electrons. The monoisotopic (exact) mass is 406 g/mol. The number of carbonyl (C=O) groups excluding carboxylic acids is 1. The van der Waals surface area contributed by atoms with Crippen molar-refractivity contribution in [3.63, 3.8) is 0 Å². The third-order valence-corrected chi connectivity index (χ3v) is 6.31. The molecule has 0 saturated heterocycles. The van der Waals surface area contributed by atoms with Gasteiger partial charge in [0.2, 0.25) is 0 Å². The van der Waals surface area contributed by atoms with E-state index in [0.717, 1.165) is 0 Å². The second-order valence-corrected chi connectivity index (χ2v) is 9.89. The number of carbonyl (C=O) groups is 1. The van der Waals surface area contributed by atoms with Crippen LogP contribution in [0.1, 0.15) is 46.6 Å². The highest BCUT2D eigenvalue weighted by atomic mass is 79.9. The molecule has 2 atom stereocenters. The molecule has 0 fully saturated rings. The van der Waals surface area contributed by atoms with Crippen molar-refractivity contribution in [2.45, 2.75) is 51.2 Å². The first-order chi connectivity index (χ1) is 10.5. The van der Waals surface area contributed by atoms with Gasteiger partial charge in [-0.05, 0) is 51.5 Å². The van der Waals surface area contributed by atoms with Crippen LogP contribution in [0.3, 0.4) is 0 Å². The van der Waals surface area contributed by atoms with Crippen LogP contribution in [0.4, 0.5) is 4.39 Å². The Balaban J connectivity index is 3.27. The SMILES string of the molecule is CCOC(=O)C[C@](C)(C[S@](=O)C(C)(C)C)c1cc(Br)ccc1F. The number of rotatable bonds is 6. The van der Waals surface area contributed by atoms with Gasteiger partial charge >= 0.3 is 5.97 Å². The van der Waals surface area contributed by atoms with Gasteiger partial charge in [-0.2, -0.15) is 0 Å². The zero-order valence-corrected chi connectivity index (χ0v) is 16.6. The first-order valence-electron chi connectivity index (χ1n) is 7.49. The molecule has 0 N–H and O–H groups in total. The van der Waals surface area contributed by atoms with Crippen molar-refractivity contribution in [2.75, 3.05) is 12.4 Å². The molecule has 0 aliphatic carbocycles. The molecule has 23 heavy (non-hydrogen) atoms. The first-order valence-corrected chi connectivity index (χ1v) is 9.60. The number of ether oxygens (including phenoxy) is 1. The van der Waals surface area contributed by atoms with Gasteiger partial charge in [0, 0.05) is 31.2 Å². The summed E-state index contributed by atoms with van der Waals surface area (Å²) >= 11 is 3.33. The third-order valence-electron chi connectivity index (χ3n) is 3.55. The molecule has 0 radical (unpaired) electrons. The minimum absolute atomic E-state index is 0.0178. The lowest BCUT2D eigenvalue weighted by Gasteiger charge is -2.32. The van der Waals surface area contributed by atoms with Crippen LogP contribution < -0.4 is 0 Å². The van der Waals surface area contributed by atoms with Crippen molar-refractivity contribution in [1.82, 2.24) is 0 Å². The standard InChI is InChI=1S/C17H24BrFO3S/c1-6-22-15(20)10-17(5,11-23(21)16(2,3)4)13-9-12(18)7-8-14(13)19/h7-9H,6,10-11H2,1-5H3/t17-,23+/m1/s1. The molecule has 6 heteroatoms. The van der Waals surface area contributed by atoms with Crippen LogP contribution in [0.5, 0.6) is 0 Å². The predicted octanol–water partition coefficient (Wildman–Crippen LogP) is 4.35.